The summed E-state index contributed by atoms with van der Waals surface area (Å²) in [6.07, 6.45) is 2.74. The maximum absolute atomic E-state index is 11.2. The van der Waals surface area contributed by atoms with E-state index in [-0.39, 0.29) is 5.89 Å². The summed E-state index contributed by atoms with van der Waals surface area (Å²) in [4.78, 5) is 15.0. The quantitative estimate of drug-likeness (QED) is 0.891. The average molecular weight is 238 g/mol. The molecule has 0 bridgehead atoms. The molecule has 0 fully saturated rings. The molecule has 0 radical (unpaired) electrons. The number of aliphatic carboxylic acids is 1. The zero-order chi connectivity index (χ0) is 11.5. The third-order valence-electron chi connectivity index (χ3n) is 2.16. The lowest BCUT2D eigenvalue weighted by Crippen LogP contribution is -2.13. The Morgan fingerprint density at radius 2 is 2.19 bits per heavy atom. The van der Waals surface area contributed by atoms with Crippen LogP contribution >= 0.6 is 11.6 Å². The van der Waals surface area contributed by atoms with Gasteiger partial charge < -0.3 is 9.52 Å². The van der Waals surface area contributed by atoms with Crippen molar-refractivity contribution in [3.63, 3.8) is 0 Å². The van der Waals surface area contributed by atoms with Gasteiger partial charge in [0.25, 0.3) is 0 Å². The van der Waals surface area contributed by atoms with E-state index >= 15 is 0 Å². The van der Waals surface area contributed by atoms with Gasteiger partial charge in [0.05, 0.1) is 6.20 Å². The third-order valence-corrected chi connectivity index (χ3v) is 2.51. The summed E-state index contributed by atoms with van der Waals surface area (Å²) in [5.41, 5.74) is 0.471. The highest BCUT2D eigenvalue weighted by Crippen LogP contribution is 2.29. The first-order valence-electron chi connectivity index (χ1n) is 4.57. The fraction of sp³-hybridized carbons (Fsp3) is 0.0909. The topological polar surface area (TPSA) is 63.3 Å². The maximum atomic E-state index is 11.2. The molecule has 2 aromatic rings. The first kappa shape index (κ1) is 10.7. The number of carboxylic acid groups (broad SMARTS) is 1. The molecule has 0 saturated heterocycles. The van der Waals surface area contributed by atoms with Crippen LogP contribution in [-0.2, 0) is 4.79 Å². The molecule has 0 spiro atoms. The number of rotatable bonds is 3. The summed E-state index contributed by atoms with van der Waals surface area (Å²) >= 11 is 5.95. The predicted molar refractivity (Wildman–Crippen MR) is 57.4 cm³/mol. The molecule has 1 atom stereocenters. The minimum atomic E-state index is -1.05. The van der Waals surface area contributed by atoms with E-state index in [0.29, 0.717) is 10.6 Å². The number of aromatic nitrogens is 1. The van der Waals surface area contributed by atoms with Gasteiger partial charge in [-0.25, -0.2) is 4.98 Å². The van der Waals surface area contributed by atoms with Gasteiger partial charge in [-0.15, -0.1) is 0 Å². The van der Waals surface area contributed by atoms with Crippen LogP contribution in [0.2, 0.25) is 5.02 Å². The van der Waals surface area contributed by atoms with Crippen molar-refractivity contribution in [2.75, 3.05) is 0 Å². The van der Waals surface area contributed by atoms with Crippen LogP contribution in [0, 0.1) is 0 Å². The van der Waals surface area contributed by atoms with Crippen molar-refractivity contribution in [2.24, 2.45) is 0 Å². The second kappa shape index (κ2) is 4.37. The molecule has 1 unspecified atom stereocenters. The van der Waals surface area contributed by atoms with E-state index in [0.717, 1.165) is 0 Å². The van der Waals surface area contributed by atoms with E-state index in [1.54, 1.807) is 24.3 Å². The Balaban J connectivity index is 2.50. The second-order valence-corrected chi connectivity index (χ2v) is 3.57. The molecular formula is C11H8ClNO3. The SMILES string of the molecule is O=C(O)C(c1ncco1)c1ccccc1Cl. The van der Waals surface area contributed by atoms with Gasteiger partial charge in [0.15, 0.2) is 5.92 Å². The fourth-order valence-corrected chi connectivity index (χ4v) is 1.70. The van der Waals surface area contributed by atoms with Gasteiger partial charge in [0, 0.05) is 5.02 Å². The molecular weight excluding hydrogens is 230 g/mol. The Hall–Kier alpha value is -1.81. The van der Waals surface area contributed by atoms with Gasteiger partial charge in [-0.05, 0) is 11.6 Å². The van der Waals surface area contributed by atoms with Crippen molar-refractivity contribution in [3.8, 4) is 0 Å². The van der Waals surface area contributed by atoms with Crippen LogP contribution in [0.5, 0.6) is 0 Å². The van der Waals surface area contributed by atoms with Gasteiger partial charge in [-0.3, -0.25) is 4.79 Å². The van der Waals surface area contributed by atoms with Gasteiger partial charge in [-0.2, -0.15) is 0 Å². The number of hydrogen-bond acceptors (Lipinski definition) is 3. The van der Waals surface area contributed by atoms with Gasteiger partial charge >= 0.3 is 5.97 Å². The highest BCUT2D eigenvalue weighted by molar-refractivity contribution is 6.31. The zero-order valence-corrected chi connectivity index (χ0v) is 8.89. The minimum Gasteiger partial charge on any atom is -0.480 e. The standard InChI is InChI=1S/C11H8ClNO3/c12-8-4-2-1-3-7(8)9(11(14)15)10-13-5-6-16-10/h1-6,9H,(H,14,15). The van der Waals surface area contributed by atoms with E-state index in [1.807, 2.05) is 0 Å². The van der Waals surface area contributed by atoms with Crippen molar-refractivity contribution >= 4 is 17.6 Å². The van der Waals surface area contributed by atoms with Crippen molar-refractivity contribution < 1.29 is 14.3 Å². The van der Waals surface area contributed by atoms with Crippen LogP contribution in [0.1, 0.15) is 17.4 Å². The van der Waals surface area contributed by atoms with Gasteiger partial charge in [0.1, 0.15) is 6.26 Å². The molecule has 82 valence electrons. The Bertz CT molecular complexity index is 496. The van der Waals surface area contributed by atoms with E-state index < -0.39 is 11.9 Å². The molecule has 0 aliphatic heterocycles. The molecule has 0 amide bonds. The number of benzene rings is 1. The summed E-state index contributed by atoms with van der Waals surface area (Å²) in [6, 6.07) is 6.74. The van der Waals surface area contributed by atoms with Crippen molar-refractivity contribution in [1.82, 2.24) is 4.98 Å². The normalized spacial score (nSPS) is 12.3. The first-order chi connectivity index (χ1) is 7.70. The Labute approximate surface area is 96.5 Å². The molecule has 4 nitrogen and oxygen atoms in total. The lowest BCUT2D eigenvalue weighted by molar-refractivity contribution is -0.138. The van der Waals surface area contributed by atoms with Crippen LogP contribution in [-0.4, -0.2) is 16.1 Å². The zero-order valence-electron chi connectivity index (χ0n) is 8.13. The highest BCUT2D eigenvalue weighted by atomic mass is 35.5. The summed E-state index contributed by atoms with van der Waals surface area (Å²) in [7, 11) is 0. The number of oxazole rings is 1. The number of halogens is 1. The van der Waals surface area contributed by atoms with Crippen LogP contribution in [0.15, 0.2) is 41.1 Å². The molecule has 1 aromatic heterocycles. The van der Waals surface area contributed by atoms with Crippen LogP contribution in [0.25, 0.3) is 0 Å². The first-order valence-corrected chi connectivity index (χ1v) is 4.94. The molecule has 5 heteroatoms. The number of hydrogen-bond donors (Lipinski definition) is 1. The van der Waals surface area contributed by atoms with Crippen LogP contribution in [0.3, 0.4) is 0 Å². The van der Waals surface area contributed by atoms with Gasteiger partial charge in [-0.1, -0.05) is 29.8 Å². The third kappa shape index (κ3) is 1.92. The molecule has 0 aliphatic rings. The summed E-state index contributed by atoms with van der Waals surface area (Å²) < 4.78 is 5.02. The molecule has 2 rings (SSSR count). The Morgan fingerprint density at radius 3 is 2.75 bits per heavy atom. The minimum absolute atomic E-state index is 0.126. The molecule has 1 heterocycles. The maximum Gasteiger partial charge on any atom is 0.320 e. The van der Waals surface area contributed by atoms with Crippen LogP contribution < -0.4 is 0 Å². The summed E-state index contributed by atoms with van der Waals surface area (Å²) in [5.74, 6) is -1.89. The molecule has 1 aromatic carbocycles. The Morgan fingerprint density at radius 1 is 1.44 bits per heavy atom. The summed E-state index contributed by atoms with van der Waals surface area (Å²) in [5, 5.41) is 9.55. The monoisotopic (exact) mass is 237 g/mol. The summed E-state index contributed by atoms with van der Waals surface area (Å²) in [6.45, 7) is 0. The van der Waals surface area contributed by atoms with Gasteiger partial charge in [0.2, 0.25) is 5.89 Å². The molecule has 1 N–H and O–H groups in total. The lowest BCUT2D eigenvalue weighted by Gasteiger charge is -2.10. The van der Waals surface area contributed by atoms with Crippen LogP contribution in [0.4, 0.5) is 0 Å². The lowest BCUT2D eigenvalue weighted by atomic mass is 9.99. The van der Waals surface area contributed by atoms with Crippen molar-refractivity contribution in [3.05, 3.63) is 53.2 Å². The molecule has 16 heavy (non-hydrogen) atoms. The van der Waals surface area contributed by atoms with Crippen molar-refractivity contribution in [2.45, 2.75) is 5.92 Å². The fourth-order valence-electron chi connectivity index (χ4n) is 1.46. The molecule has 0 saturated carbocycles. The largest absolute Gasteiger partial charge is 0.480 e. The van der Waals surface area contributed by atoms with Crippen molar-refractivity contribution in [1.29, 1.82) is 0 Å². The smallest absolute Gasteiger partial charge is 0.320 e. The van der Waals surface area contributed by atoms with E-state index in [4.69, 9.17) is 21.1 Å². The van der Waals surface area contributed by atoms with E-state index in [1.165, 1.54) is 12.5 Å². The van der Waals surface area contributed by atoms with E-state index in [2.05, 4.69) is 4.98 Å². The average Bonchev–Trinajstić information content (AvgIpc) is 2.74. The number of carbonyl (C=O) groups is 1. The van der Waals surface area contributed by atoms with E-state index in [9.17, 15) is 4.79 Å². The predicted octanol–water partition coefficient (Wildman–Crippen LogP) is 2.54. The second-order valence-electron chi connectivity index (χ2n) is 3.16. The Kier molecular flexibility index (Phi) is 2.92. The number of nitrogens with zero attached hydrogens (tertiary/aromatic N) is 1. The highest BCUT2D eigenvalue weighted by Gasteiger charge is 2.28. The molecule has 0 aliphatic carbocycles. The number of carboxylic acids is 1.